The van der Waals surface area contributed by atoms with Crippen LogP contribution in [0.25, 0.3) is 0 Å². The number of hydrogen-bond donors (Lipinski definition) is 1. The molecule has 0 spiro atoms. The van der Waals surface area contributed by atoms with Crippen LogP contribution in [0.5, 0.6) is 5.75 Å². The molecule has 1 unspecified atom stereocenters. The monoisotopic (exact) mass is 477 g/mol. The van der Waals surface area contributed by atoms with E-state index in [9.17, 15) is 18.0 Å². The first-order chi connectivity index (χ1) is 15.4. The second-order valence-electron chi connectivity index (χ2n) is 8.73. The summed E-state index contributed by atoms with van der Waals surface area (Å²) in [4.78, 5) is 24.5. The van der Waals surface area contributed by atoms with Crippen molar-refractivity contribution in [2.75, 3.05) is 12.8 Å². The fourth-order valence-electron chi connectivity index (χ4n) is 2.98. The molecule has 2 aromatic rings. The van der Waals surface area contributed by atoms with Crippen molar-refractivity contribution in [2.24, 2.45) is 5.92 Å². The first kappa shape index (κ1) is 26.2. The highest BCUT2D eigenvalue weighted by atomic mass is 32.2. The Kier molecular flexibility index (Phi) is 9.28. The van der Waals surface area contributed by atoms with Crippen LogP contribution in [0.15, 0.2) is 54.6 Å². The molecule has 1 amide bonds. The van der Waals surface area contributed by atoms with Crippen molar-refractivity contribution in [2.45, 2.75) is 45.8 Å². The highest BCUT2D eigenvalue weighted by Gasteiger charge is 2.20. The predicted octanol–water partition coefficient (Wildman–Crippen LogP) is 3.84. The van der Waals surface area contributed by atoms with Gasteiger partial charge in [0.15, 0.2) is 0 Å². The number of alkyl carbamates (subject to hydrolysis) is 1. The molecular formula is C24H31NO7S. The maximum atomic E-state index is 12.4. The molecule has 0 fully saturated rings. The molecule has 180 valence electrons. The smallest absolute Gasteiger partial charge is 0.407 e. The SMILES string of the molecule is CC(C)(C)OC(=O)NCC(CC(=O)OCc1ccccc1)Cc1ccc(OS(C)(=O)=O)cc1. The minimum atomic E-state index is -3.61. The Bertz CT molecular complexity index is 1010. The third-order valence-electron chi connectivity index (χ3n) is 4.33. The molecule has 1 N–H and O–H groups in total. The van der Waals surface area contributed by atoms with E-state index in [1.165, 1.54) is 0 Å². The van der Waals surface area contributed by atoms with Crippen molar-refractivity contribution in [3.05, 3.63) is 65.7 Å². The van der Waals surface area contributed by atoms with Gasteiger partial charge in [-0.1, -0.05) is 42.5 Å². The van der Waals surface area contributed by atoms with Crippen molar-refractivity contribution in [1.29, 1.82) is 0 Å². The van der Waals surface area contributed by atoms with E-state index in [4.69, 9.17) is 13.7 Å². The fourth-order valence-corrected chi connectivity index (χ4v) is 3.44. The lowest BCUT2D eigenvalue weighted by Gasteiger charge is -2.22. The number of hydrogen-bond acceptors (Lipinski definition) is 7. The van der Waals surface area contributed by atoms with Crippen LogP contribution in [0.1, 0.15) is 38.3 Å². The summed E-state index contributed by atoms with van der Waals surface area (Å²) in [6, 6.07) is 15.9. The molecule has 9 heteroatoms. The van der Waals surface area contributed by atoms with Gasteiger partial charge in [0.05, 0.1) is 12.7 Å². The normalized spacial score (nSPS) is 12.5. The van der Waals surface area contributed by atoms with E-state index in [1.807, 2.05) is 30.3 Å². The fraction of sp³-hybridized carbons (Fsp3) is 0.417. The highest BCUT2D eigenvalue weighted by Crippen LogP contribution is 2.19. The second-order valence-corrected chi connectivity index (χ2v) is 10.3. The number of benzene rings is 2. The van der Waals surface area contributed by atoms with Crippen molar-refractivity contribution in [3.8, 4) is 5.75 Å². The zero-order chi connectivity index (χ0) is 24.5. The van der Waals surface area contributed by atoms with Gasteiger partial charge in [0.25, 0.3) is 0 Å². The van der Waals surface area contributed by atoms with E-state index in [0.717, 1.165) is 17.4 Å². The standard InChI is InChI=1S/C24H31NO7S/c1-24(2,3)31-23(27)25-16-20(15-22(26)30-17-19-8-6-5-7-9-19)14-18-10-12-21(13-11-18)32-33(4,28)29/h5-13,20H,14-17H2,1-4H3,(H,25,27). The van der Waals surface area contributed by atoms with Crippen molar-refractivity contribution >= 4 is 22.2 Å². The van der Waals surface area contributed by atoms with E-state index in [-0.39, 0.29) is 37.2 Å². The maximum absolute atomic E-state index is 12.4. The third kappa shape index (κ3) is 11.4. The Morgan fingerprint density at radius 1 is 0.970 bits per heavy atom. The Morgan fingerprint density at radius 2 is 1.61 bits per heavy atom. The zero-order valence-corrected chi connectivity index (χ0v) is 20.2. The van der Waals surface area contributed by atoms with Crippen molar-refractivity contribution in [1.82, 2.24) is 5.32 Å². The van der Waals surface area contributed by atoms with Crippen LogP contribution in [0.2, 0.25) is 0 Å². The number of rotatable bonds is 10. The van der Waals surface area contributed by atoms with Gasteiger partial charge in [0, 0.05) is 6.54 Å². The molecular weight excluding hydrogens is 446 g/mol. The van der Waals surface area contributed by atoms with E-state index in [2.05, 4.69) is 5.32 Å². The van der Waals surface area contributed by atoms with Crippen LogP contribution >= 0.6 is 0 Å². The van der Waals surface area contributed by atoms with Gasteiger partial charge in [-0.15, -0.1) is 0 Å². The highest BCUT2D eigenvalue weighted by molar-refractivity contribution is 7.86. The quantitative estimate of drug-likeness (QED) is 0.409. The van der Waals surface area contributed by atoms with Crippen LogP contribution in [-0.2, 0) is 37.4 Å². The number of ether oxygens (including phenoxy) is 2. The Balaban J connectivity index is 2.01. The lowest BCUT2D eigenvalue weighted by Crippen LogP contribution is -2.36. The summed E-state index contributed by atoms with van der Waals surface area (Å²) >= 11 is 0. The summed E-state index contributed by atoms with van der Waals surface area (Å²) in [5.74, 6) is -0.443. The second kappa shape index (κ2) is 11.7. The first-order valence-electron chi connectivity index (χ1n) is 10.5. The summed E-state index contributed by atoms with van der Waals surface area (Å²) in [5, 5.41) is 2.71. The van der Waals surface area contributed by atoms with Gasteiger partial charge in [-0.2, -0.15) is 8.42 Å². The lowest BCUT2D eigenvalue weighted by molar-refractivity contribution is -0.146. The molecule has 1 atom stereocenters. The lowest BCUT2D eigenvalue weighted by atomic mass is 9.96. The van der Waals surface area contributed by atoms with Crippen LogP contribution in [0.3, 0.4) is 0 Å². The summed E-state index contributed by atoms with van der Waals surface area (Å²) < 4.78 is 38.1. The van der Waals surface area contributed by atoms with E-state index in [1.54, 1.807) is 45.0 Å². The first-order valence-corrected chi connectivity index (χ1v) is 12.4. The number of amides is 1. The Labute approximate surface area is 195 Å². The van der Waals surface area contributed by atoms with Crippen LogP contribution in [-0.4, -0.2) is 38.9 Å². The van der Waals surface area contributed by atoms with Crippen LogP contribution in [0, 0.1) is 5.92 Å². The molecule has 0 bridgehead atoms. The molecule has 0 heterocycles. The van der Waals surface area contributed by atoms with E-state index in [0.29, 0.717) is 6.42 Å². The van der Waals surface area contributed by atoms with Crippen molar-refractivity contribution < 1.29 is 31.7 Å². The molecule has 0 aromatic heterocycles. The van der Waals surface area contributed by atoms with Gasteiger partial charge in [-0.3, -0.25) is 4.79 Å². The topological polar surface area (TPSA) is 108 Å². The molecule has 0 saturated heterocycles. The average Bonchev–Trinajstić information content (AvgIpc) is 2.70. The molecule has 0 aliphatic heterocycles. The van der Waals surface area contributed by atoms with Crippen LogP contribution < -0.4 is 9.50 Å². The van der Waals surface area contributed by atoms with E-state index >= 15 is 0 Å². The Morgan fingerprint density at radius 3 is 2.18 bits per heavy atom. The molecule has 0 aliphatic carbocycles. The van der Waals surface area contributed by atoms with Gasteiger partial charge in [0.2, 0.25) is 0 Å². The van der Waals surface area contributed by atoms with Crippen molar-refractivity contribution in [3.63, 3.8) is 0 Å². The number of esters is 1. The van der Waals surface area contributed by atoms with Crippen LogP contribution in [0.4, 0.5) is 4.79 Å². The third-order valence-corrected chi connectivity index (χ3v) is 4.82. The molecule has 0 radical (unpaired) electrons. The zero-order valence-electron chi connectivity index (χ0n) is 19.4. The van der Waals surface area contributed by atoms with Gasteiger partial charge < -0.3 is 19.0 Å². The minimum Gasteiger partial charge on any atom is -0.461 e. The Hall–Kier alpha value is -3.07. The summed E-state index contributed by atoms with van der Waals surface area (Å²) in [5.41, 5.74) is 1.10. The number of carbonyl (C=O) groups excluding carboxylic acids is 2. The summed E-state index contributed by atoms with van der Waals surface area (Å²) in [6.07, 6.45) is 0.946. The average molecular weight is 478 g/mol. The largest absolute Gasteiger partial charge is 0.461 e. The minimum absolute atomic E-state index is 0.0875. The van der Waals surface area contributed by atoms with Gasteiger partial charge >= 0.3 is 22.2 Å². The molecule has 2 rings (SSSR count). The number of carbonyl (C=O) groups is 2. The molecule has 2 aromatic carbocycles. The molecule has 0 saturated carbocycles. The van der Waals surface area contributed by atoms with Gasteiger partial charge in [0.1, 0.15) is 18.0 Å². The molecule has 8 nitrogen and oxygen atoms in total. The van der Waals surface area contributed by atoms with E-state index < -0.39 is 21.8 Å². The molecule has 33 heavy (non-hydrogen) atoms. The summed E-state index contributed by atoms with van der Waals surface area (Å²) in [6.45, 7) is 5.68. The van der Waals surface area contributed by atoms with Gasteiger partial charge in [-0.25, -0.2) is 4.79 Å². The summed E-state index contributed by atoms with van der Waals surface area (Å²) in [7, 11) is -3.61. The predicted molar refractivity (Wildman–Crippen MR) is 124 cm³/mol. The van der Waals surface area contributed by atoms with Gasteiger partial charge in [-0.05, 0) is 56.4 Å². The maximum Gasteiger partial charge on any atom is 0.407 e. The molecule has 0 aliphatic rings. The number of nitrogens with one attached hydrogen (secondary N) is 1.